The van der Waals surface area contributed by atoms with Gasteiger partial charge in [0.05, 0.1) is 5.56 Å². The Bertz CT molecular complexity index is 438. The van der Waals surface area contributed by atoms with Gasteiger partial charge in [-0.2, -0.15) is 13.2 Å². The number of alkyl halides is 3. The van der Waals surface area contributed by atoms with Crippen LogP contribution in [0, 0.1) is 0 Å². The highest BCUT2D eigenvalue weighted by atomic mass is 32.1. The van der Waals surface area contributed by atoms with Crippen molar-refractivity contribution in [3.8, 4) is 0 Å². The summed E-state index contributed by atoms with van der Waals surface area (Å²) in [5, 5.41) is 5.92. The molecule has 1 rings (SSSR count). The molecule has 0 heterocycles. The molecule has 0 saturated carbocycles. The molecule has 0 aliphatic rings. The van der Waals surface area contributed by atoms with E-state index in [9.17, 15) is 13.2 Å². The third kappa shape index (κ3) is 6.21. The lowest BCUT2D eigenvalue weighted by Crippen LogP contribution is -2.29. The first kappa shape index (κ1) is 16.7. The molecule has 0 saturated heterocycles. The van der Waals surface area contributed by atoms with E-state index in [2.05, 4.69) is 10.6 Å². The summed E-state index contributed by atoms with van der Waals surface area (Å²) in [7, 11) is 0. The highest BCUT2D eigenvalue weighted by molar-refractivity contribution is 7.80. The van der Waals surface area contributed by atoms with E-state index < -0.39 is 11.7 Å². The van der Waals surface area contributed by atoms with Crippen LogP contribution in [0.2, 0.25) is 0 Å². The largest absolute Gasteiger partial charge is 0.416 e. The molecular weight excluding hydrogens is 289 g/mol. The molecule has 7 heteroatoms. The summed E-state index contributed by atoms with van der Waals surface area (Å²) in [5.74, 6) is 0. The van der Waals surface area contributed by atoms with Crippen LogP contribution in [0.15, 0.2) is 24.3 Å². The number of ether oxygens (including phenoxy) is 1. The molecular formula is C13H17F3N2OS. The van der Waals surface area contributed by atoms with Crippen LogP contribution in [0.25, 0.3) is 0 Å². The fourth-order valence-electron chi connectivity index (χ4n) is 1.47. The normalized spacial score (nSPS) is 11.2. The van der Waals surface area contributed by atoms with Crippen LogP contribution in [0.3, 0.4) is 0 Å². The number of nitrogens with one attached hydrogen (secondary N) is 2. The van der Waals surface area contributed by atoms with Crippen molar-refractivity contribution in [2.75, 3.05) is 25.1 Å². The monoisotopic (exact) mass is 306 g/mol. The maximum atomic E-state index is 12.5. The Morgan fingerprint density at radius 1 is 1.35 bits per heavy atom. The second-order valence-corrected chi connectivity index (χ2v) is 4.42. The second-order valence-electron chi connectivity index (χ2n) is 4.01. The molecule has 0 aliphatic carbocycles. The second kappa shape index (κ2) is 8.06. The quantitative estimate of drug-likeness (QED) is 0.623. The summed E-state index contributed by atoms with van der Waals surface area (Å²) in [4.78, 5) is 0. The smallest absolute Gasteiger partial charge is 0.382 e. The molecule has 0 atom stereocenters. The summed E-state index contributed by atoms with van der Waals surface area (Å²) < 4.78 is 42.8. The molecule has 0 aromatic heterocycles. The van der Waals surface area contributed by atoms with Crippen molar-refractivity contribution in [3.63, 3.8) is 0 Å². The van der Waals surface area contributed by atoms with Gasteiger partial charge in [-0.05, 0) is 43.8 Å². The fourth-order valence-corrected chi connectivity index (χ4v) is 1.69. The third-order valence-electron chi connectivity index (χ3n) is 2.40. The first-order valence-corrected chi connectivity index (χ1v) is 6.64. The number of hydrogen-bond donors (Lipinski definition) is 2. The van der Waals surface area contributed by atoms with Gasteiger partial charge in [-0.25, -0.2) is 0 Å². The van der Waals surface area contributed by atoms with Crippen LogP contribution in [0.4, 0.5) is 18.9 Å². The average Bonchev–Trinajstić information content (AvgIpc) is 2.38. The molecule has 0 fully saturated rings. The molecule has 1 aromatic rings. The molecule has 3 nitrogen and oxygen atoms in total. The average molecular weight is 306 g/mol. The van der Waals surface area contributed by atoms with Crippen molar-refractivity contribution in [2.45, 2.75) is 19.5 Å². The summed E-state index contributed by atoms with van der Waals surface area (Å²) in [5.41, 5.74) is -0.399. The van der Waals surface area contributed by atoms with Crippen molar-refractivity contribution in [2.24, 2.45) is 0 Å². The van der Waals surface area contributed by atoms with Gasteiger partial charge in [0.1, 0.15) is 0 Å². The highest BCUT2D eigenvalue weighted by Gasteiger charge is 2.30. The summed E-state index contributed by atoms with van der Waals surface area (Å²) >= 11 is 5.01. The molecule has 0 unspecified atom stereocenters. The van der Waals surface area contributed by atoms with E-state index in [-0.39, 0.29) is 0 Å². The maximum absolute atomic E-state index is 12.5. The lowest BCUT2D eigenvalue weighted by Gasteiger charge is -2.12. The van der Waals surface area contributed by atoms with Gasteiger partial charge in [0, 0.05) is 25.4 Å². The predicted octanol–water partition coefficient (Wildman–Crippen LogP) is 3.42. The van der Waals surface area contributed by atoms with Crippen LogP contribution in [-0.4, -0.2) is 24.9 Å². The fraction of sp³-hybridized carbons (Fsp3) is 0.462. The zero-order chi connectivity index (χ0) is 15.0. The molecule has 0 radical (unpaired) electrons. The van der Waals surface area contributed by atoms with Crippen molar-refractivity contribution < 1.29 is 17.9 Å². The molecule has 0 amide bonds. The Morgan fingerprint density at radius 3 is 2.75 bits per heavy atom. The van der Waals surface area contributed by atoms with Crippen LogP contribution in [0.5, 0.6) is 0 Å². The first-order valence-electron chi connectivity index (χ1n) is 6.23. The summed E-state index contributed by atoms with van der Waals surface area (Å²) in [6.45, 7) is 3.79. The third-order valence-corrected chi connectivity index (χ3v) is 2.65. The molecule has 112 valence electrons. The number of halogens is 3. The van der Waals surface area contributed by atoms with Gasteiger partial charge in [-0.15, -0.1) is 0 Å². The van der Waals surface area contributed by atoms with Crippen LogP contribution in [-0.2, 0) is 10.9 Å². The Hall–Kier alpha value is -1.34. The van der Waals surface area contributed by atoms with E-state index in [0.717, 1.165) is 18.6 Å². The van der Waals surface area contributed by atoms with E-state index in [1.807, 2.05) is 6.92 Å². The molecule has 0 bridgehead atoms. The molecule has 2 N–H and O–H groups in total. The molecule has 0 aliphatic heterocycles. The van der Waals surface area contributed by atoms with Gasteiger partial charge < -0.3 is 15.4 Å². The van der Waals surface area contributed by atoms with Crippen molar-refractivity contribution in [1.29, 1.82) is 0 Å². The Morgan fingerprint density at radius 2 is 2.10 bits per heavy atom. The highest BCUT2D eigenvalue weighted by Crippen LogP contribution is 2.30. The number of rotatable bonds is 6. The van der Waals surface area contributed by atoms with E-state index >= 15 is 0 Å². The molecule has 0 spiro atoms. The number of anilines is 1. The van der Waals surface area contributed by atoms with Crippen molar-refractivity contribution in [3.05, 3.63) is 29.8 Å². The van der Waals surface area contributed by atoms with Gasteiger partial charge >= 0.3 is 6.18 Å². The van der Waals surface area contributed by atoms with E-state index in [0.29, 0.717) is 30.6 Å². The van der Waals surface area contributed by atoms with Crippen molar-refractivity contribution >= 4 is 23.0 Å². The minimum absolute atomic E-state index is 0.292. The van der Waals surface area contributed by atoms with Gasteiger partial charge in [0.2, 0.25) is 0 Å². The maximum Gasteiger partial charge on any atom is 0.416 e. The number of benzene rings is 1. The first-order chi connectivity index (χ1) is 9.43. The topological polar surface area (TPSA) is 33.3 Å². The minimum Gasteiger partial charge on any atom is -0.382 e. The van der Waals surface area contributed by atoms with Gasteiger partial charge in [0.15, 0.2) is 5.11 Å². The summed E-state index contributed by atoms with van der Waals surface area (Å²) in [6.07, 6.45) is -3.58. The van der Waals surface area contributed by atoms with Crippen LogP contribution < -0.4 is 10.6 Å². The van der Waals surface area contributed by atoms with Gasteiger partial charge in [-0.1, -0.05) is 6.07 Å². The SMILES string of the molecule is CCOCCCNC(=S)Nc1cccc(C(F)(F)F)c1. The number of hydrogen-bond acceptors (Lipinski definition) is 2. The molecule has 1 aromatic carbocycles. The van der Waals surface area contributed by atoms with Crippen molar-refractivity contribution in [1.82, 2.24) is 5.32 Å². The lowest BCUT2D eigenvalue weighted by molar-refractivity contribution is -0.137. The van der Waals surface area contributed by atoms with Crippen LogP contribution >= 0.6 is 12.2 Å². The van der Waals surface area contributed by atoms with E-state index in [1.165, 1.54) is 12.1 Å². The Kier molecular flexibility index (Phi) is 6.74. The van der Waals surface area contributed by atoms with Crippen LogP contribution in [0.1, 0.15) is 18.9 Å². The van der Waals surface area contributed by atoms with Gasteiger partial charge in [-0.3, -0.25) is 0 Å². The van der Waals surface area contributed by atoms with E-state index in [1.54, 1.807) is 0 Å². The lowest BCUT2D eigenvalue weighted by atomic mass is 10.2. The summed E-state index contributed by atoms with van der Waals surface area (Å²) in [6, 6.07) is 4.91. The number of thiocarbonyl (C=S) groups is 1. The predicted molar refractivity (Wildman–Crippen MR) is 76.8 cm³/mol. The minimum atomic E-state index is -4.36. The Balaban J connectivity index is 2.42. The Labute approximate surface area is 121 Å². The van der Waals surface area contributed by atoms with E-state index in [4.69, 9.17) is 17.0 Å². The molecule has 20 heavy (non-hydrogen) atoms. The zero-order valence-electron chi connectivity index (χ0n) is 11.1. The van der Waals surface area contributed by atoms with Gasteiger partial charge in [0.25, 0.3) is 0 Å². The zero-order valence-corrected chi connectivity index (χ0v) is 11.9. The standard InChI is InChI=1S/C13H17F3N2OS/c1-2-19-8-4-7-17-12(20)18-11-6-3-5-10(9-11)13(14,15)16/h3,5-6,9H,2,4,7-8H2,1H3,(H2,17,18,20).